The van der Waals surface area contributed by atoms with Gasteiger partial charge in [-0.25, -0.2) is 14.3 Å². The van der Waals surface area contributed by atoms with Crippen molar-refractivity contribution in [2.24, 2.45) is 0 Å². The first-order valence-corrected chi connectivity index (χ1v) is 8.72. The minimum Gasteiger partial charge on any atom is -0.422 e. The van der Waals surface area contributed by atoms with Gasteiger partial charge in [0.2, 0.25) is 0 Å². The molecule has 0 aliphatic carbocycles. The van der Waals surface area contributed by atoms with Gasteiger partial charge in [-0.2, -0.15) is 5.10 Å². The summed E-state index contributed by atoms with van der Waals surface area (Å²) in [6, 6.07) is 10.6. The van der Waals surface area contributed by atoms with Crippen LogP contribution in [0.3, 0.4) is 0 Å². The van der Waals surface area contributed by atoms with Crippen LogP contribution in [0.25, 0.3) is 16.6 Å². The molecule has 0 unspecified atom stereocenters. The zero-order valence-corrected chi connectivity index (χ0v) is 14.8. The van der Waals surface area contributed by atoms with Crippen LogP contribution in [0.4, 0.5) is 0 Å². The van der Waals surface area contributed by atoms with Crippen molar-refractivity contribution < 1.29 is 9.21 Å². The van der Waals surface area contributed by atoms with Crippen molar-refractivity contribution >= 4 is 22.5 Å². The van der Waals surface area contributed by atoms with E-state index in [1.165, 1.54) is 0 Å². The van der Waals surface area contributed by atoms with Gasteiger partial charge in [0.15, 0.2) is 5.65 Å². The molecule has 7 nitrogen and oxygen atoms in total. The molecule has 136 valence electrons. The molecule has 4 aromatic rings. The lowest BCUT2D eigenvalue weighted by Crippen LogP contribution is -2.29. The summed E-state index contributed by atoms with van der Waals surface area (Å²) in [7, 11) is 0. The van der Waals surface area contributed by atoms with Crippen molar-refractivity contribution in [2.75, 3.05) is 6.54 Å². The molecule has 0 fully saturated rings. The summed E-state index contributed by atoms with van der Waals surface area (Å²) in [6.45, 7) is 2.37. The first-order chi connectivity index (χ1) is 13.1. The van der Waals surface area contributed by atoms with Crippen LogP contribution in [0.2, 0.25) is 0 Å². The number of rotatable bonds is 5. The number of carbonyl (C=O) groups excluding carboxylic acids is 1. The Morgan fingerprint density at radius 1 is 1.26 bits per heavy atom. The van der Waals surface area contributed by atoms with Crippen molar-refractivity contribution in [3.63, 3.8) is 0 Å². The predicted octanol–water partition coefficient (Wildman–Crippen LogP) is 2.51. The molecule has 0 aliphatic heterocycles. The molecule has 1 aromatic carbocycles. The van der Waals surface area contributed by atoms with E-state index in [1.54, 1.807) is 28.8 Å². The van der Waals surface area contributed by atoms with E-state index in [0.29, 0.717) is 12.1 Å². The van der Waals surface area contributed by atoms with Gasteiger partial charge in [-0.1, -0.05) is 18.2 Å². The van der Waals surface area contributed by atoms with Gasteiger partial charge in [-0.15, -0.1) is 0 Å². The Balaban J connectivity index is 1.37. The Kier molecular flexibility index (Phi) is 4.42. The van der Waals surface area contributed by atoms with E-state index in [0.717, 1.165) is 35.1 Å². The number of nitrogens with one attached hydrogen (secondary N) is 1. The third-order valence-corrected chi connectivity index (χ3v) is 4.30. The highest BCUT2D eigenvalue weighted by molar-refractivity contribution is 5.96. The maximum atomic E-state index is 12.3. The Morgan fingerprint density at radius 3 is 3.00 bits per heavy atom. The topological polar surface area (TPSA) is 89.5 Å². The number of fused-ring (bicyclic) bond motifs is 2. The zero-order chi connectivity index (χ0) is 18.8. The zero-order valence-electron chi connectivity index (χ0n) is 14.8. The second-order valence-electron chi connectivity index (χ2n) is 6.40. The summed E-state index contributed by atoms with van der Waals surface area (Å²) in [5.41, 5.74) is 2.62. The Morgan fingerprint density at radius 2 is 2.11 bits per heavy atom. The molecule has 4 rings (SSSR count). The number of hydrogen-bond donors (Lipinski definition) is 1. The third kappa shape index (κ3) is 3.57. The molecular weight excluding hydrogens is 344 g/mol. The van der Waals surface area contributed by atoms with Crippen molar-refractivity contribution in [2.45, 2.75) is 19.8 Å². The molecule has 3 aromatic heterocycles. The minimum absolute atomic E-state index is 0.0174. The van der Waals surface area contributed by atoms with E-state index < -0.39 is 11.5 Å². The van der Waals surface area contributed by atoms with Crippen molar-refractivity contribution in [1.29, 1.82) is 0 Å². The minimum atomic E-state index is -0.630. The van der Waals surface area contributed by atoms with Gasteiger partial charge in [0, 0.05) is 30.4 Å². The standard InChI is InChI=1S/C20H18N4O3/c1-13-9-18-22-11-14(12-24(18)23-13)5-4-8-21-19(25)16-10-15-6-2-3-7-17(15)27-20(16)26/h2-3,6-7,9-12H,4-5,8H2,1H3,(H,21,25). The van der Waals surface area contributed by atoms with Gasteiger partial charge >= 0.3 is 5.63 Å². The average molecular weight is 362 g/mol. The fourth-order valence-corrected chi connectivity index (χ4v) is 2.97. The lowest BCUT2D eigenvalue weighted by molar-refractivity contribution is 0.0949. The largest absolute Gasteiger partial charge is 0.422 e. The number of amides is 1. The van der Waals surface area contributed by atoms with E-state index in [9.17, 15) is 9.59 Å². The van der Waals surface area contributed by atoms with Crippen LogP contribution in [0, 0.1) is 6.92 Å². The van der Waals surface area contributed by atoms with Gasteiger partial charge in [-0.3, -0.25) is 4.79 Å². The smallest absolute Gasteiger partial charge is 0.349 e. The van der Waals surface area contributed by atoms with Crippen LogP contribution < -0.4 is 10.9 Å². The lowest BCUT2D eigenvalue weighted by atomic mass is 10.1. The van der Waals surface area contributed by atoms with E-state index in [2.05, 4.69) is 15.4 Å². The Labute approximate surface area is 154 Å². The van der Waals surface area contributed by atoms with Gasteiger partial charge in [-0.05, 0) is 37.5 Å². The average Bonchev–Trinajstić information content (AvgIpc) is 3.03. The molecule has 1 N–H and O–H groups in total. The van der Waals surface area contributed by atoms with Crippen LogP contribution in [0.5, 0.6) is 0 Å². The number of carbonyl (C=O) groups is 1. The molecule has 0 aliphatic rings. The molecule has 3 heterocycles. The number of para-hydroxylation sites is 1. The number of benzene rings is 1. The SMILES string of the molecule is Cc1cc2ncc(CCCNC(=O)c3cc4ccccc4oc3=O)cn2n1. The summed E-state index contributed by atoms with van der Waals surface area (Å²) >= 11 is 0. The molecular formula is C20H18N4O3. The van der Waals surface area contributed by atoms with Crippen LogP contribution in [0.1, 0.15) is 28.0 Å². The molecule has 0 saturated heterocycles. The maximum Gasteiger partial charge on any atom is 0.349 e. The van der Waals surface area contributed by atoms with Crippen LogP contribution in [0.15, 0.2) is 58.0 Å². The highest BCUT2D eigenvalue weighted by Crippen LogP contribution is 2.12. The first kappa shape index (κ1) is 17.0. The summed E-state index contributed by atoms with van der Waals surface area (Å²) in [6.07, 6.45) is 5.22. The molecule has 0 atom stereocenters. The second-order valence-corrected chi connectivity index (χ2v) is 6.40. The highest BCUT2D eigenvalue weighted by atomic mass is 16.4. The Bertz CT molecular complexity index is 1190. The second kappa shape index (κ2) is 7.03. The fourth-order valence-electron chi connectivity index (χ4n) is 2.97. The molecule has 7 heteroatoms. The van der Waals surface area contributed by atoms with Gasteiger partial charge in [0.1, 0.15) is 11.1 Å². The molecule has 0 spiro atoms. The fraction of sp³-hybridized carbons (Fsp3) is 0.200. The number of aryl methyl sites for hydroxylation is 2. The van der Waals surface area contributed by atoms with Gasteiger partial charge in [0.05, 0.1) is 5.69 Å². The lowest BCUT2D eigenvalue weighted by Gasteiger charge is -2.06. The quantitative estimate of drug-likeness (QED) is 0.435. The van der Waals surface area contributed by atoms with E-state index >= 15 is 0 Å². The van der Waals surface area contributed by atoms with Crippen LogP contribution in [-0.2, 0) is 6.42 Å². The predicted molar refractivity (Wildman–Crippen MR) is 101 cm³/mol. The molecule has 0 radical (unpaired) electrons. The van der Waals surface area contributed by atoms with E-state index in [-0.39, 0.29) is 5.56 Å². The molecule has 27 heavy (non-hydrogen) atoms. The monoisotopic (exact) mass is 362 g/mol. The van der Waals surface area contributed by atoms with Crippen molar-refractivity contribution in [3.8, 4) is 0 Å². The molecule has 1 amide bonds. The normalized spacial score (nSPS) is 11.1. The molecule has 0 saturated carbocycles. The summed E-state index contributed by atoms with van der Waals surface area (Å²) in [4.78, 5) is 28.7. The number of hydrogen-bond acceptors (Lipinski definition) is 5. The Hall–Kier alpha value is -3.48. The summed E-state index contributed by atoms with van der Waals surface area (Å²) < 4.78 is 6.95. The van der Waals surface area contributed by atoms with E-state index in [1.807, 2.05) is 31.5 Å². The highest BCUT2D eigenvalue weighted by Gasteiger charge is 2.13. The number of nitrogens with zero attached hydrogens (tertiary/aromatic N) is 3. The van der Waals surface area contributed by atoms with E-state index in [4.69, 9.17) is 4.42 Å². The van der Waals surface area contributed by atoms with Crippen molar-refractivity contribution in [1.82, 2.24) is 19.9 Å². The summed E-state index contributed by atoms with van der Waals surface area (Å²) in [5, 5.41) is 7.84. The van der Waals surface area contributed by atoms with Crippen LogP contribution >= 0.6 is 0 Å². The van der Waals surface area contributed by atoms with Crippen LogP contribution in [-0.4, -0.2) is 27.0 Å². The van der Waals surface area contributed by atoms with Crippen molar-refractivity contribution in [3.05, 3.63) is 76.0 Å². The van der Waals surface area contributed by atoms with Gasteiger partial charge < -0.3 is 9.73 Å². The first-order valence-electron chi connectivity index (χ1n) is 8.72. The van der Waals surface area contributed by atoms with Gasteiger partial charge in [0.25, 0.3) is 5.91 Å². The maximum absolute atomic E-state index is 12.3. The molecule has 0 bridgehead atoms. The number of aromatic nitrogens is 3. The third-order valence-electron chi connectivity index (χ3n) is 4.30. The summed E-state index contributed by atoms with van der Waals surface area (Å²) in [5.74, 6) is -0.425.